The van der Waals surface area contributed by atoms with E-state index in [2.05, 4.69) is 175 Å². The van der Waals surface area contributed by atoms with Gasteiger partial charge in [0, 0.05) is 0 Å². The molecule has 0 amide bonds. The van der Waals surface area contributed by atoms with Gasteiger partial charge in [-0.25, -0.2) is 0 Å². The lowest BCUT2D eigenvalue weighted by atomic mass is 9.95. The Labute approximate surface area is 222 Å². The third-order valence-electron chi connectivity index (χ3n) is 2.75. The van der Waals surface area contributed by atoms with E-state index in [1.54, 1.807) is 0 Å². The Balaban J connectivity index is 3.68. The van der Waals surface area contributed by atoms with Crippen molar-refractivity contribution in [3.8, 4) is 0 Å². The zero-order valence-electron chi connectivity index (χ0n) is 10.0. The predicted octanol–water partition coefficient (Wildman–Crippen LogP) is 9.93. The fourth-order valence-corrected chi connectivity index (χ4v) is 10.6. The van der Waals surface area contributed by atoms with E-state index in [9.17, 15) is 0 Å². The molecule has 126 valence electrons. The fourth-order valence-electron chi connectivity index (χ4n) is 1.59. The number of alkyl halides is 11. The van der Waals surface area contributed by atoms with Gasteiger partial charge < -0.3 is 0 Å². The molecule has 0 saturated heterocycles. The molecule has 1 aromatic carbocycles. The predicted molar refractivity (Wildman–Crippen MR) is 137 cm³/mol. The van der Waals surface area contributed by atoms with Gasteiger partial charge in [-0.3, -0.25) is 0 Å². The van der Waals surface area contributed by atoms with Crippen LogP contribution in [0.5, 0.6) is 0 Å². The normalized spacial score (nSPS) is 17.2. The molecule has 0 heterocycles. The molecular formula is C11H5Br11. The zero-order valence-corrected chi connectivity index (χ0v) is 27.5. The minimum atomic E-state index is -0.783. The molecule has 0 bridgehead atoms. The Morgan fingerprint density at radius 1 is 0.500 bits per heavy atom. The number of halogens is 11. The first-order valence-electron chi connectivity index (χ1n) is 5.24. The monoisotopic (exact) mass is 1010 g/mol. The highest BCUT2D eigenvalue weighted by molar-refractivity contribution is 9.42. The van der Waals surface area contributed by atoms with Crippen LogP contribution in [-0.2, 0) is 4.32 Å². The van der Waals surface area contributed by atoms with Crippen molar-refractivity contribution in [2.75, 3.05) is 0 Å². The average molecular weight is 1020 g/mol. The summed E-state index contributed by atoms with van der Waals surface area (Å²) in [4.78, 5) is 0. The maximum atomic E-state index is 3.91. The number of hydrogen-bond donors (Lipinski definition) is 0. The van der Waals surface area contributed by atoms with Crippen molar-refractivity contribution in [2.45, 2.75) is 15.1 Å². The van der Waals surface area contributed by atoms with E-state index in [1.807, 2.05) is 30.3 Å². The van der Waals surface area contributed by atoms with Crippen LogP contribution in [0.4, 0.5) is 0 Å². The third kappa shape index (κ3) is 4.56. The van der Waals surface area contributed by atoms with E-state index in [1.165, 1.54) is 0 Å². The average Bonchev–Trinajstić information content (AvgIpc) is 2.35. The van der Waals surface area contributed by atoms with Gasteiger partial charge in [0.25, 0.3) is 0 Å². The van der Waals surface area contributed by atoms with E-state index in [4.69, 9.17) is 0 Å². The maximum absolute atomic E-state index is 3.91. The Bertz CT molecular complexity index is 513. The lowest BCUT2D eigenvalue weighted by molar-refractivity contribution is 0.598. The molecule has 0 N–H and O–H groups in total. The van der Waals surface area contributed by atoms with Gasteiger partial charge in [0.2, 0.25) is 0 Å². The van der Waals surface area contributed by atoms with E-state index >= 15 is 0 Å². The van der Waals surface area contributed by atoms with Gasteiger partial charge in [-0.15, -0.1) is 0 Å². The minimum Gasteiger partial charge on any atom is -0.0741 e. The molecular weight excluding hydrogens is 1010 g/mol. The van der Waals surface area contributed by atoms with Crippen LogP contribution in [0.2, 0.25) is 0 Å². The lowest BCUT2D eigenvalue weighted by Crippen LogP contribution is -2.59. The topological polar surface area (TPSA) is 0 Å². The van der Waals surface area contributed by atoms with Crippen molar-refractivity contribution >= 4 is 175 Å². The minimum absolute atomic E-state index is 0.681. The molecule has 11 heteroatoms. The molecule has 0 spiro atoms. The molecule has 0 aliphatic rings. The molecule has 1 rings (SSSR count). The van der Waals surface area contributed by atoms with Gasteiger partial charge in [-0.1, -0.05) is 206 Å². The van der Waals surface area contributed by atoms with Gasteiger partial charge in [-0.2, -0.15) is 0 Å². The van der Waals surface area contributed by atoms with Crippen LogP contribution in [0.25, 0.3) is 0 Å². The molecule has 0 aliphatic heterocycles. The van der Waals surface area contributed by atoms with Crippen molar-refractivity contribution in [1.82, 2.24) is 0 Å². The fraction of sp³-hybridized carbons (Fsp3) is 0.455. The first-order chi connectivity index (χ1) is 9.61. The summed E-state index contributed by atoms with van der Waals surface area (Å²) in [6, 6.07) is 9.98. The first-order valence-corrected chi connectivity index (χ1v) is 14.0. The SMILES string of the molecule is BrC(Br)(Br)C(Br)(Br)C(Br)(Br)C(Br)(c1ccccc1)C(Br)(Br)Br. The van der Waals surface area contributed by atoms with Gasteiger partial charge in [0.15, 0.2) is 4.29 Å². The molecule has 1 aromatic rings. The second-order valence-corrected chi connectivity index (χ2v) is 25.8. The zero-order chi connectivity index (χ0) is 17.6. The summed E-state index contributed by atoms with van der Waals surface area (Å²) in [5.74, 6) is 0. The summed E-state index contributed by atoms with van der Waals surface area (Å²) < 4.78 is -3.63. The van der Waals surface area contributed by atoms with Crippen molar-refractivity contribution in [3.05, 3.63) is 35.9 Å². The smallest absolute Gasteiger partial charge is 0.0741 e. The maximum Gasteiger partial charge on any atom is 0.162 e. The largest absolute Gasteiger partial charge is 0.162 e. The van der Waals surface area contributed by atoms with Gasteiger partial charge in [-0.05, 0) is 5.56 Å². The van der Waals surface area contributed by atoms with Crippen molar-refractivity contribution < 1.29 is 0 Å². The van der Waals surface area contributed by atoms with Crippen molar-refractivity contribution in [2.24, 2.45) is 0 Å². The molecule has 0 aliphatic carbocycles. The van der Waals surface area contributed by atoms with Crippen LogP contribution in [0, 0.1) is 0 Å². The second kappa shape index (κ2) is 8.47. The molecule has 0 saturated carbocycles. The summed E-state index contributed by atoms with van der Waals surface area (Å²) in [7, 11) is 0. The number of benzene rings is 1. The highest BCUT2D eigenvalue weighted by atomic mass is 80.0. The summed E-state index contributed by atoms with van der Waals surface area (Å²) in [5.41, 5.74) is 1.01. The molecule has 0 aromatic heterocycles. The molecule has 1 atom stereocenters. The Hall–Kier alpha value is 4.50. The van der Waals surface area contributed by atoms with Gasteiger partial charge in [0.1, 0.15) is 10.8 Å². The lowest BCUT2D eigenvalue weighted by Gasteiger charge is -2.52. The van der Waals surface area contributed by atoms with E-state index in [0.29, 0.717) is 0 Å². The summed E-state index contributed by atoms with van der Waals surface area (Å²) in [6.07, 6.45) is 0. The van der Waals surface area contributed by atoms with Crippen LogP contribution in [0.1, 0.15) is 5.56 Å². The molecule has 22 heavy (non-hydrogen) atoms. The Morgan fingerprint density at radius 3 is 1.23 bits per heavy atom. The third-order valence-corrected chi connectivity index (χ3v) is 20.7. The van der Waals surface area contributed by atoms with Crippen LogP contribution in [0.15, 0.2) is 30.3 Å². The molecule has 1 unspecified atom stereocenters. The van der Waals surface area contributed by atoms with Gasteiger partial charge in [0.05, 0.1) is 0 Å². The van der Waals surface area contributed by atoms with E-state index < -0.39 is 15.1 Å². The van der Waals surface area contributed by atoms with Crippen LogP contribution in [0.3, 0.4) is 0 Å². The van der Waals surface area contributed by atoms with E-state index in [0.717, 1.165) is 5.56 Å². The summed E-state index contributed by atoms with van der Waals surface area (Å²) in [5, 5.41) is 0. The first kappa shape index (κ1) is 24.5. The van der Waals surface area contributed by atoms with Crippen LogP contribution >= 0.6 is 175 Å². The van der Waals surface area contributed by atoms with E-state index in [-0.39, 0.29) is 0 Å². The standard InChI is InChI=1S/C11H5Br11/c12-7(10(17,18)19,6-4-2-1-3-5-6)8(13,14)9(15,16)11(20,21)22/h1-5H. The molecule has 0 nitrogen and oxygen atoms in total. The van der Waals surface area contributed by atoms with Gasteiger partial charge >= 0.3 is 0 Å². The molecule has 0 radical (unpaired) electrons. The quantitative estimate of drug-likeness (QED) is 0.265. The Kier molecular flexibility index (Phi) is 9.45. The van der Waals surface area contributed by atoms with Crippen molar-refractivity contribution in [1.29, 1.82) is 0 Å². The number of hydrogen-bond acceptors (Lipinski definition) is 0. The highest BCUT2D eigenvalue weighted by Gasteiger charge is 2.70. The number of rotatable bonds is 3. The second-order valence-electron chi connectivity index (χ2n) is 4.17. The molecule has 0 fully saturated rings. The summed E-state index contributed by atoms with van der Waals surface area (Å²) >= 11 is 40.8. The van der Waals surface area contributed by atoms with Crippen LogP contribution in [-0.4, -0.2) is 10.8 Å². The van der Waals surface area contributed by atoms with Crippen LogP contribution < -0.4 is 0 Å². The summed E-state index contributed by atoms with van der Waals surface area (Å²) in [6.45, 7) is 0. The van der Waals surface area contributed by atoms with Crippen molar-refractivity contribution in [3.63, 3.8) is 0 Å². The highest BCUT2D eigenvalue weighted by Crippen LogP contribution is 2.74. The Morgan fingerprint density at radius 2 is 0.909 bits per heavy atom.